The molecule has 13 rings (SSSR count). The van der Waals surface area contributed by atoms with Gasteiger partial charge in [0, 0.05) is 52.5 Å². The van der Waals surface area contributed by atoms with Gasteiger partial charge in [0.05, 0.1) is 18.0 Å². The highest BCUT2D eigenvalue weighted by atomic mass is 32.2. The first-order chi connectivity index (χ1) is 33.3. The number of benzene rings is 10. The standard InChI is InChI=1S/C59H37NOS2/c1-2-14-38(15-3-1)39-26-31-42(32-27-39)60(52-37-47-45-17-6-10-22-53(45)61-58(47)46-18-5-4-16-44(46)52)43-33-28-40(29-34-43)41-30-35-57-51(36-41)59(50-21-9-13-25-56(50)63-57)48-19-7-11-23-54(48)62-55-24-12-8-20-49(55)59/h1-37H/i1D,2D,3D,14D,15D. The molecule has 0 aliphatic carbocycles. The number of hydrogen-bond acceptors (Lipinski definition) is 4. The van der Waals surface area contributed by atoms with Gasteiger partial charge < -0.3 is 9.32 Å². The molecular formula is C59H37NOS2. The number of nitrogens with zero attached hydrogens (tertiary/aromatic N) is 1. The second kappa shape index (κ2) is 14.4. The van der Waals surface area contributed by atoms with Crippen molar-refractivity contribution in [2.45, 2.75) is 25.0 Å². The summed E-state index contributed by atoms with van der Waals surface area (Å²) in [6.45, 7) is 0. The number of furan rings is 1. The van der Waals surface area contributed by atoms with Crippen LogP contribution in [0, 0.1) is 0 Å². The van der Waals surface area contributed by atoms with Crippen LogP contribution in [0.25, 0.3) is 55.0 Å². The second-order valence-electron chi connectivity index (χ2n) is 16.0. The Morgan fingerprint density at radius 2 is 0.889 bits per heavy atom. The summed E-state index contributed by atoms with van der Waals surface area (Å²) >= 11 is 3.69. The molecule has 0 N–H and O–H groups in total. The Labute approximate surface area is 381 Å². The zero-order chi connectivity index (χ0) is 45.8. The Morgan fingerprint density at radius 3 is 1.51 bits per heavy atom. The van der Waals surface area contributed by atoms with Crippen LogP contribution in [0.4, 0.5) is 17.1 Å². The van der Waals surface area contributed by atoms with Crippen LogP contribution < -0.4 is 4.90 Å². The first kappa shape index (κ1) is 31.6. The van der Waals surface area contributed by atoms with Gasteiger partial charge in [-0.2, -0.15) is 0 Å². The van der Waals surface area contributed by atoms with E-state index in [0.29, 0.717) is 5.56 Å². The summed E-state index contributed by atoms with van der Waals surface area (Å²) in [5.41, 5.74) is 11.9. The van der Waals surface area contributed by atoms with E-state index in [0.717, 1.165) is 60.9 Å². The van der Waals surface area contributed by atoms with Crippen molar-refractivity contribution < 1.29 is 11.3 Å². The molecule has 296 valence electrons. The van der Waals surface area contributed by atoms with E-state index >= 15 is 0 Å². The molecule has 4 heteroatoms. The second-order valence-corrected chi connectivity index (χ2v) is 18.2. The quantitative estimate of drug-likeness (QED) is 0.171. The van der Waals surface area contributed by atoms with Gasteiger partial charge >= 0.3 is 0 Å². The fourth-order valence-corrected chi connectivity index (χ4v) is 12.3. The monoisotopic (exact) mass is 844 g/mol. The predicted octanol–water partition coefficient (Wildman–Crippen LogP) is 16.9. The smallest absolute Gasteiger partial charge is 0.143 e. The van der Waals surface area contributed by atoms with Crippen LogP contribution in [0.1, 0.15) is 29.1 Å². The Morgan fingerprint density at radius 1 is 0.397 bits per heavy atom. The first-order valence-corrected chi connectivity index (χ1v) is 22.6. The molecular weight excluding hydrogens is 803 g/mol. The van der Waals surface area contributed by atoms with E-state index in [1.54, 1.807) is 0 Å². The van der Waals surface area contributed by atoms with E-state index in [-0.39, 0.29) is 29.7 Å². The first-order valence-electron chi connectivity index (χ1n) is 23.5. The molecule has 2 nitrogen and oxygen atoms in total. The maximum atomic E-state index is 8.70. The van der Waals surface area contributed by atoms with Crippen molar-refractivity contribution in [2.24, 2.45) is 0 Å². The average molecular weight is 845 g/mol. The minimum Gasteiger partial charge on any atom is -0.455 e. The maximum absolute atomic E-state index is 8.70. The lowest BCUT2D eigenvalue weighted by Gasteiger charge is -2.45. The molecule has 3 heterocycles. The van der Waals surface area contributed by atoms with Crippen LogP contribution >= 0.6 is 23.5 Å². The van der Waals surface area contributed by atoms with Crippen LogP contribution in [0.3, 0.4) is 0 Å². The van der Waals surface area contributed by atoms with Gasteiger partial charge in [-0.15, -0.1) is 0 Å². The van der Waals surface area contributed by atoms with E-state index in [4.69, 9.17) is 11.3 Å². The van der Waals surface area contributed by atoms with E-state index in [2.05, 4.69) is 144 Å². The molecule has 2 aliphatic rings. The third-order valence-corrected chi connectivity index (χ3v) is 15.0. The maximum Gasteiger partial charge on any atom is 0.143 e. The largest absolute Gasteiger partial charge is 0.455 e. The zero-order valence-electron chi connectivity index (χ0n) is 38.6. The molecule has 63 heavy (non-hydrogen) atoms. The third-order valence-electron chi connectivity index (χ3n) is 12.7. The highest BCUT2D eigenvalue weighted by Gasteiger charge is 2.48. The fourth-order valence-electron chi connectivity index (χ4n) is 9.91. The molecule has 11 aromatic rings. The number of fused-ring (bicyclic) bond motifs is 13. The summed E-state index contributed by atoms with van der Waals surface area (Å²) in [6, 6.07) is 67.1. The molecule has 0 unspecified atom stereocenters. The minimum atomic E-state index is -0.513. The molecule has 1 aromatic heterocycles. The number of rotatable bonds is 5. The van der Waals surface area contributed by atoms with Gasteiger partial charge in [0.15, 0.2) is 0 Å². The van der Waals surface area contributed by atoms with E-state index in [9.17, 15) is 0 Å². The van der Waals surface area contributed by atoms with Crippen molar-refractivity contribution in [1.29, 1.82) is 0 Å². The van der Waals surface area contributed by atoms with Crippen LogP contribution in [0.5, 0.6) is 0 Å². The van der Waals surface area contributed by atoms with E-state index in [1.807, 2.05) is 78.1 Å². The van der Waals surface area contributed by atoms with Crippen molar-refractivity contribution in [3.05, 3.63) is 247 Å². The number of para-hydroxylation sites is 1. The molecule has 0 amide bonds. The van der Waals surface area contributed by atoms with Crippen molar-refractivity contribution in [2.75, 3.05) is 4.90 Å². The van der Waals surface area contributed by atoms with Gasteiger partial charge in [0.2, 0.25) is 0 Å². The van der Waals surface area contributed by atoms with Gasteiger partial charge in [-0.1, -0.05) is 181 Å². The Balaban J connectivity index is 0.986. The lowest BCUT2D eigenvalue weighted by molar-refractivity contribution is 0.667. The Kier molecular flexibility index (Phi) is 7.23. The molecule has 2 aliphatic heterocycles. The molecule has 0 radical (unpaired) electrons. The van der Waals surface area contributed by atoms with Crippen molar-refractivity contribution >= 4 is 73.3 Å². The summed E-state index contributed by atoms with van der Waals surface area (Å²) in [6.07, 6.45) is 0. The molecule has 1 spiro atoms. The van der Waals surface area contributed by atoms with Crippen LogP contribution in [-0.2, 0) is 5.41 Å². The van der Waals surface area contributed by atoms with Crippen molar-refractivity contribution in [1.82, 2.24) is 0 Å². The fraction of sp³-hybridized carbons (Fsp3) is 0.0169. The number of hydrogen-bond donors (Lipinski definition) is 0. The normalized spacial score (nSPS) is 14.5. The predicted molar refractivity (Wildman–Crippen MR) is 263 cm³/mol. The topological polar surface area (TPSA) is 16.4 Å². The molecule has 10 aromatic carbocycles. The molecule has 0 saturated heterocycles. The average Bonchev–Trinajstić information content (AvgIpc) is 3.77. The van der Waals surface area contributed by atoms with Gasteiger partial charge in [0.1, 0.15) is 11.2 Å². The molecule has 0 saturated carbocycles. The summed E-state index contributed by atoms with van der Waals surface area (Å²) in [7, 11) is 0. The summed E-state index contributed by atoms with van der Waals surface area (Å²) in [4.78, 5) is 7.28. The van der Waals surface area contributed by atoms with Gasteiger partial charge in [-0.25, -0.2) is 0 Å². The highest BCUT2D eigenvalue weighted by Crippen LogP contribution is 2.62. The molecule has 0 atom stereocenters. The summed E-state index contributed by atoms with van der Waals surface area (Å²) in [5, 5.41) is 4.01. The van der Waals surface area contributed by atoms with Crippen LogP contribution in [0.2, 0.25) is 0 Å². The SMILES string of the molecule is [2H]c1c([2H])c([2H])c(-c2ccc(N(c3ccc(-c4ccc5c(c4)C4(c6ccccc6Sc6ccccc64)c4ccccc4S5)cc3)c3cc4c5ccccc5oc4c4ccccc34)cc2)c([2H])c1[2H]. The minimum absolute atomic E-state index is 0.169. The molecule has 0 fully saturated rings. The van der Waals surface area contributed by atoms with Gasteiger partial charge in [-0.3, -0.25) is 0 Å². The third kappa shape index (κ3) is 5.62. The Bertz CT molecular complexity index is 3750. The van der Waals surface area contributed by atoms with Gasteiger partial charge in [0.25, 0.3) is 0 Å². The van der Waals surface area contributed by atoms with Crippen molar-refractivity contribution in [3.63, 3.8) is 0 Å². The zero-order valence-corrected chi connectivity index (χ0v) is 35.3. The van der Waals surface area contributed by atoms with E-state index < -0.39 is 11.5 Å². The highest BCUT2D eigenvalue weighted by molar-refractivity contribution is 8.00. The van der Waals surface area contributed by atoms with Crippen LogP contribution in [0.15, 0.2) is 248 Å². The lowest BCUT2D eigenvalue weighted by atomic mass is 9.64. The summed E-state index contributed by atoms with van der Waals surface area (Å²) in [5.74, 6) is 0. The lowest BCUT2D eigenvalue weighted by Crippen LogP contribution is -2.36. The number of anilines is 3. The molecule has 0 bridgehead atoms. The van der Waals surface area contributed by atoms with E-state index in [1.165, 1.54) is 41.8 Å². The van der Waals surface area contributed by atoms with Gasteiger partial charge in [-0.05, 0) is 111 Å². The van der Waals surface area contributed by atoms with Crippen LogP contribution in [-0.4, -0.2) is 0 Å². The van der Waals surface area contributed by atoms with Crippen molar-refractivity contribution in [3.8, 4) is 22.3 Å². The summed E-state index contributed by atoms with van der Waals surface area (Å²) < 4.78 is 48.8. The Hall–Kier alpha value is -7.24.